The van der Waals surface area contributed by atoms with Gasteiger partial charge in [-0.1, -0.05) is 23.4 Å². The van der Waals surface area contributed by atoms with Crippen molar-refractivity contribution in [1.82, 2.24) is 5.16 Å². The number of para-hydroxylation sites is 1. The first kappa shape index (κ1) is 7.62. The van der Waals surface area contributed by atoms with Gasteiger partial charge in [0.05, 0.1) is 6.20 Å². The topological polar surface area (TPSA) is 38.1 Å². The van der Waals surface area contributed by atoms with E-state index in [1.165, 1.54) is 16.8 Å². The van der Waals surface area contributed by atoms with E-state index >= 15 is 0 Å². The van der Waals surface area contributed by atoms with Gasteiger partial charge >= 0.3 is 0 Å². The van der Waals surface area contributed by atoms with Crippen LogP contribution in [0.15, 0.2) is 28.9 Å². The molecule has 3 rings (SSSR count). The smallest absolute Gasteiger partial charge is 0.164 e. The monoisotopic (exact) mass is 186 g/mol. The van der Waals surface area contributed by atoms with Gasteiger partial charge in [0.25, 0.3) is 0 Å². The fourth-order valence-electron chi connectivity index (χ4n) is 1.86. The molecule has 0 bridgehead atoms. The average Bonchev–Trinajstić information content (AvgIpc) is 2.62. The summed E-state index contributed by atoms with van der Waals surface area (Å²) in [5, 5.41) is 7.11. The van der Waals surface area contributed by atoms with Gasteiger partial charge in [-0.2, -0.15) is 0 Å². The van der Waals surface area contributed by atoms with Crippen LogP contribution >= 0.6 is 0 Å². The third kappa shape index (κ3) is 0.954. The summed E-state index contributed by atoms with van der Waals surface area (Å²) in [5.41, 5.74) is 4.72. The summed E-state index contributed by atoms with van der Waals surface area (Å²) < 4.78 is 5.14. The zero-order valence-electron chi connectivity index (χ0n) is 7.87. The molecule has 0 saturated heterocycles. The lowest BCUT2D eigenvalue weighted by Crippen LogP contribution is -2.05. The number of nitrogens with zero attached hydrogens (tertiary/aromatic N) is 1. The molecule has 0 amide bonds. The van der Waals surface area contributed by atoms with Crippen molar-refractivity contribution in [2.75, 3.05) is 5.32 Å². The predicted octanol–water partition coefficient (Wildman–Crippen LogP) is 2.63. The van der Waals surface area contributed by atoms with Crippen LogP contribution in [-0.2, 0) is 6.42 Å². The quantitative estimate of drug-likeness (QED) is 0.586. The lowest BCUT2D eigenvalue weighted by molar-refractivity contribution is 0.389. The third-order valence-corrected chi connectivity index (χ3v) is 2.61. The summed E-state index contributed by atoms with van der Waals surface area (Å²) in [5.74, 6) is 0.920. The molecule has 0 fully saturated rings. The lowest BCUT2D eigenvalue weighted by atomic mass is 10.0. The van der Waals surface area contributed by atoms with Crippen LogP contribution < -0.4 is 5.32 Å². The second-order valence-electron chi connectivity index (χ2n) is 3.57. The second-order valence-corrected chi connectivity index (χ2v) is 3.57. The normalized spacial score (nSPS) is 12.9. The molecule has 1 N–H and O–H groups in total. The highest BCUT2D eigenvalue weighted by molar-refractivity contribution is 5.71. The van der Waals surface area contributed by atoms with Gasteiger partial charge in [0.2, 0.25) is 0 Å². The molecule has 0 atom stereocenters. The van der Waals surface area contributed by atoms with Crippen LogP contribution in [0.25, 0.3) is 0 Å². The Labute approximate surface area is 81.7 Å². The number of nitrogens with one attached hydrogen (secondary N) is 1. The largest absolute Gasteiger partial charge is 0.359 e. The number of hydrogen-bond donors (Lipinski definition) is 1. The van der Waals surface area contributed by atoms with Crippen LogP contribution in [0.2, 0.25) is 0 Å². The number of aryl methyl sites for hydroxylation is 1. The summed E-state index contributed by atoms with van der Waals surface area (Å²) in [6, 6.07) is 6.28. The minimum absolute atomic E-state index is 0.833. The average molecular weight is 186 g/mol. The highest BCUT2D eigenvalue weighted by atomic mass is 16.5. The van der Waals surface area contributed by atoms with E-state index in [0.29, 0.717) is 0 Å². The van der Waals surface area contributed by atoms with E-state index in [-0.39, 0.29) is 0 Å². The molecule has 3 nitrogen and oxygen atoms in total. The number of anilines is 2. The number of rotatable bonds is 0. The lowest BCUT2D eigenvalue weighted by Gasteiger charge is -2.18. The van der Waals surface area contributed by atoms with E-state index < -0.39 is 0 Å². The molecule has 0 radical (unpaired) electrons. The molecule has 0 aliphatic carbocycles. The molecule has 70 valence electrons. The molecular formula is C11H10N2O. The van der Waals surface area contributed by atoms with E-state index in [2.05, 4.69) is 35.6 Å². The Kier molecular flexibility index (Phi) is 1.42. The van der Waals surface area contributed by atoms with E-state index in [1.54, 1.807) is 6.20 Å². The van der Waals surface area contributed by atoms with Gasteiger partial charge in [-0.25, -0.2) is 0 Å². The Hall–Kier alpha value is -1.77. The van der Waals surface area contributed by atoms with Gasteiger partial charge in [-0.05, 0) is 18.1 Å². The summed E-state index contributed by atoms with van der Waals surface area (Å²) in [7, 11) is 0. The maximum absolute atomic E-state index is 5.14. The Morgan fingerprint density at radius 1 is 1.43 bits per heavy atom. The van der Waals surface area contributed by atoms with Crippen LogP contribution in [0.1, 0.15) is 16.9 Å². The third-order valence-electron chi connectivity index (χ3n) is 2.61. The van der Waals surface area contributed by atoms with Crippen molar-refractivity contribution in [3.05, 3.63) is 41.3 Å². The van der Waals surface area contributed by atoms with Crippen molar-refractivity contribution in [1.29, 1.82) is 0 Å². The van der Waals surface area contributed by atoms with Crippen LogP contribution in [0.5, 0.6) is 0 Å². The van der Waals surface area contributed by atoms with Crippen LogP contribution in [0.3, 0.4) is 0 Å². The summed E-state index contributed by atoms with van der Waals surface area (Å²) in [4.78, 5) is 0. The Morgan fingerprint density at radius 2 is 2.36 bits per heavy atom. The van der Waals surface area contributed by atoms with Crippen molar-refractivity contribution in [2.45, 2.75) is 13.3 Å². The standard InChI is InChI=1S/C11H10N2O/c1-7-3-2-4-8-5-10-9(6-12-14-10)13-11(7)8/h2-4,6,13H,5H2,1H3. The molecule has 1 aliphatic heterocycles. The number of hydrogen-bond acceptors (Lipinski definition) is 3. The SMILES string of the molecule is Cc1cccc2c1Nc1cnoc1C2. The van der Waals surface area contributed by atoms with Crippen LogP contribution in [-0.4, -0.2) is 5.16 Å². The Balaban J connectivity index is 2.17. The zero-order chi connectivity index (χ0) is 9.54. The molecule has 0 spiro atoms. The maximum atomic E-state index is 5.14. The first-order valence-corrected chi connectivity index (χ1v) is 4.63. The minimum atomic E-state index is 0.833. The minimum Gasteiger partial charge on any atom is -0.359 e. The molecule has 2 aromatic rings. The summed E-state index contributed by atoms with van der Waals surface area (Å²) in [6.45, 7) is 2.10. The number of benzene rings is 1. The second kappa shape index (κ2) is 2.61. The van der Waals surface area contributed by atoms with Gasteiger partial charge in [0, 0.05) is 12.1 Å². The first-order chi connectivity index (χ1) is 6.84. The van der Waals surface area contributed by atoms with Crippen LogP contribution in [0.4, 0.5) is 11.4 Å². The van der Waals surface area contributed by atoms with Crippen molar-refractivity contribution < 1.29 is 4.52 Å². The molecule has 0 saturated carbocycles. The van der Waals surface area contributed by atoms with Gasteiger partial charge < -0.3 is 9.84 Å². The fourth-order valence-corrected chi connectivity index (χ4v) is 1.86. The van der Waals surface area contributed by atoms with E-state index in [0.717, 1.165) is 17.9 Å². The highest BCUT2D eigenvalue weighted by Gasteiger charge is 2.18. The van der Waals surface area contributed by atoms with Crippen molar-refractivity contribution in [3.8, 4) is 0 Å². The van der Waals surface area contributed by atoms with E-state index in [1.807, 2.05) is 0 Å². The van der Waals surface area contributed by atoms with Crippen LogP contribution in [0, 0.1) is 6.92 Å². The van der Waals surface area contributed by atoms with Gasteiger partial charge in [0.15, 0.2) is 5.76 Å². The highest BCUT2D eigenvalue weighted by Crippen LogP contribution is 2.34. The van der Waals surface area contributed by atoms with E-state index in [4.69, 9.17) is 4.52 Å². The summed E-state index contributed by atoms with van der Waals surface area (Å²) in [6.07, 6.45) is 2.56. The summed E-state index contributed by atoms with van der Waals surface area (Å²) >= 11 is 0. The predicted molar refractivity (Wildman–Crippen MR) is 53.8 cm³/mol. The molecule has 14 heavy (non-hydrogen) atoms. The van der Waals surface area contributed by atoms with E-state index in [9.17, 15) is 0 Å². The molecule has 1 aromatic heterocycles. The Morgan fingerprint density at radius 3 is 3.29 bits per heavy atom. The van der Waals surface area contributed by atoms with Crippen molar-refractivity contribution >= 4 is 11.4 Å². The molecule has 0 unspecified atom stereocenters. The van der Waals surface area contributed by atoms with Crippen molar-refractivity contribution in [2.24, 2.45) is 0 Å². The first-order valence-electron chi connectivity index (χ1n) is 4.63. The Bertz CT molecular complexity index is 488. The molecule has 1 aromatic carbocycles. The fraction of sp³-hybridized carbons (Fsp3) is 0.182. The zero-order valence-corrected chi connectivity index (χ0v) is 7.87. The molecule has 1 aliphatic rings. The van der Waals surface area contributed by atoms with Crippen molar-refractivity contribution in [3.63, 3.8) is 0 Å². The molecule has 2 heterocycles. The van der Waals surface area contributed by atoms with Gasteiger partial charge in [-0.3, -0.25) is 0 Å². The number of aromatic nitrogens is 1. The van der Waals surface area contributed by atoms with Gasteiger partial charge in [-0.15, -0.1) is 0 Å². The number of fused-ring (bicyclic) bond motifs is 2. The molecule has 3 heteroatoms. The van der Waals surface area contributed by atoms with Gasteiger partial charge in [0.1, 0.15) is 5.69 Å². The maximum Gasteiger partial charge on any atom is 0.164 e. The molecular weight excluding hydrogens is 176 g/mol.